The Hall–Kier alpha value is -1.84. The van der Waals surface area contributed by atoms with Gasteiger partial charge in [-0.3, -0.25) is 4.79 Å². The highest BCUT2D eigenvalue weighted by atomic mass is 16.4. The molecule has 1 aromatic rings. The molecule has 0 aliphatic heterocycles. The Morgan fingerprint density at radius 1 is 1.21 bits per heavy atom. The first-order valence-corrected chi connectivity index (χ1v) is 6.37. The molecule has 2 N–H and O–H groups in total. The molecule has 4 heteroatoms. The summed E-state index contributed by atoms with van der Waals surface area (Å²) in [6.45, 7) is 6.76. The lowest BCUT2D eigenvalue weighted by Gasteiger charge is -2.18. The minimum atomic E-state index is -0.953. The number of nitrogens with one attached hydrogen (secondary N) is 1. The zero-order valence-corrected chi connectivity index (χ0v) is 11.7. The average molecular weight is 263 g/mol. The van der Waals surface area contributed by atoms with Crippen molar-refractivity contribution < 1.29 is 14.7 Å². The zero-order chi connectivity index (χ0) is 14.5. The van der Waals surface area contributed by atoms with Gasteiger partial charge in [0.1, 0.15) is 0 Å². The molecule has 0 bridgehead atoms. The number of amides is 1. The molecule has 1 aromatic carbocycles. The van der Waals surface area contributed by atoms with Gasteiger partial charge in [-0.15, -0.1) is 0 Å². The third kappa shape index (κ3) is 5.55. The molecule has 0 saturated heterocycles. The molecule has 0 heterocycles. The molecule has 104 valence electrons. The van der Waals surface area contributed by atoms with Crippen LogP contribution in [0.5, 0.6) is 0 Å². The van der Waals surface area contributed by atoms with Crippen molar-refractivity contribution in [3.63, 3.8) is 0 Å². The van der Waals surface area contributed by atoms with E-state index in [1.54, 1.807) is 24.3 Å². The Balaban J connectivity index is 2.53. The summed E-state index contributed by atoms with van der Waals surface area (Å²) in [5, 5.41) is 11.9. The van der Waals surface area contributed by atoms with Crippen molar-refractivity contribution in [2.24, 2.45) is 5.41 Å². The standard InChI is InChI=1S/C15H21NO3/c1-15(2,3)10-16-13(17)9-8-11-6-4-5-7-12(11)14(18)19/h4-7H,8-10H2,1-3H3,(H,16,17)(H,18,19). The Morgan fingerprint density at radius 2 is 1.84 bits per heavy atom. The molecule has 0 aromatic heterocycles. The molecule has 1 amide bonds. The number of aryl methyl sites for hydroxylation is 1. The molecule has 0 saturated carbocycles. The highest BCUT2D eigenvalue weighted by molar-refractivity contribution is 5.89. The molecule has 1 rings (SSSR count). The van der Waals surface area contributed by atoms with Crippen LogP contribution in [0.1, 0.15) is 43.1 Å². The summed E-state index contributed by atoms with van der Waals surface area (Å²) in [5.74, 6) is -0.999. The number of rotatable bonds is 5. The van der Waals surface area contributed by atoms with Crippen LogP contribution in [0.4, 0.5) is 0 Å². The molecular weight excluding hydrogens is 242 g/mol. The first kappa shape index (κ1) is 15.2. The summed E-state index contributed by atoms with van der Waals surface area (Å²) >= 11 is 0. The number of carbonyl (C=O) groups excluding carboxylic acids is 1. The van der Waals surface area contributed by atoms with Crippen LogP contribution in [0.25, 0.3) is 0 Å². The van der Waals surface area contributed by atoms with Gasteiger partial charge in [0, 0.05) is 13.0 Å². The molecule has 19 heavy (non-hydrogen) atoms. The average Bonchev–Trinajstić information content (AvgIpc) is 2.33. The second kappa shape index (κ2) is 6.36. The second-order valence-corrected chi connectivity index (χ2v) is 5.80. The van der Waals surface area contributed by atoms with Gasteiger partial charge in [0.05, 0.1) is 5.56 Å². The Bertz CT molecular complexity index is 461. The maximum atomic E-state index is 11.7. The van der Waals surface area contributed by atoms with E-state index >= 15 is 0 Å². The van der Waals surface area contributed by atoms with Crippen molar-refractivity contribution in [3.8, 4) is 0 Å². The molecule has 0 fully saturated rings. The van der Waals surface area contributed by atoms with Gasteiger partial charge in [0.2, 0.25) is 5.91 Å². The molecule has 0 atom stereocenters. The number of hydrogen-bond acceptors (Lipinski definition) is 2. The monoisotopic (exact) mass is 263 g/mol. The Kier molecular flexibility index (Phi) is 5.10. The third-order valence-electron chi connectivity index (χ3n) is 2.69. The second-order valence-electron chi connectivity index (χ2n) is 5.80. The van der Waals surface area contributed by atoms with Crippen molar-refractivity contribution >= 4 is 11.9 Å². The van der Waals surface area contributed by atoms with E-state index in [1.165, 1.54) is 0 Å². The SMILES string of the molecule is CC(C)(C)CNC(=O)CCc1ccccc1C(=O)O. The van der Waals surface area contributed by atoms with Gasteiger partial charge in [-0.2, -0.15) is 0 Å². The van der Waals surface area contributed by atoms with Gasteiger partial charge in [0.15, 0.2) is 0 Å². The van der Waals surface area contributed by atoms with Crippen LogP contribution in [0.2, 0.25) is 0 Å². The molecule has 0 aliphatic carbocycles. The van der Waals surface area contributed by atoms with Crippen LogP contribution in [0, 0.1) is 5.41 Å². The van der Waals surface area contributed by atoms with Gasteiger partial charge in [0.25, 0.3) is 0 Å². The van der Waals surface area contributed by atoms with E-state index < -0.39 is 5.97 Å². The lowest BCUT2D eigenvalue weighted by molar-refractivity contribution is -0.121. The molecule has 0 aliphatic rings. The van der Waals surface area contributed by atoms with Gasteiger partial charge < -0.3 is 10.4 Å². The molecular formula is C15H21NO3. The number of aromatic carboxylic acids is 1. The van der Waals surface area contributed by atoms with Crippen LogP contribution in [0.15, 0.2) is 24.3 Å². The van der Waals surface area contributed by atoms with Crippen molar-refractivity contribution in [1.82, 2.24) is 5.32 Å². The van der Waals surface area contributed by atoms with Crippen LogP contribution in [0.3, 0.4) is 0 Å². The van der Waals surface area contributed by atoms with E-state index in [0.717, 1.165) is 0 Å². The third-order valence-corrected chi connectivity index (χ3v) is 2.69. The van der Waals surface area contributed by atoms with Gasteiger partial charge in [-0.1, -0.05) is 39.0 Å². The normalized spacial score (nSPS) is 11.1. The first-order chi connectivity index (χ1) is 8.79. The summed E-state index contributed by atoms with van der Waals surface area (Å²) in [6, 6.07) is 6.78. The van der Waals surface area contributed by atoms with Crippen molar-refractivity contribution in [1.29, 1.82) is 0 Å². The van der Waals surface area contributed by atoms with Crippen LogP contribution >= 0.6 is 0 Å². The van der Waals surface area contributed by atoms with E-state index in [1.807, 2.05) is 20.8 Å². The number of carbonyl (C=O) groups is 2. The van der Waals surface area contributed by atoms with Crippen LogP contribution in [-0.4, -0.2) is 23.5 Å². The zero-order valence-electron chi connectivity index (χ0n) is 11.7. The summed E-state index contributed by atoms with van der Waals surface area (Å²) in [5.41, 5.74) is 1.02. The topological polar surface area (TPSA) is 66.4 Å². The Morgan fingerprint density at radius 3 is 2.42 bits per heavy atom. The van der Waals surface area contributed by atoms with E-state index in [4.69, 9.17) is 5.11 Å². The summed E-state index contributed by atoms with van der Waals surface area (Å²) in [7, 11) is 0. The summed E-state index contributed by atoms with van der Waals surface area (Å²) in [4.78, 5) is 22.7. The largest absolute Gasteiger partial charge is 0.478 e. The van der Waals surface area contributed by atoms with Crippen molar-refractivity contribution in [2.45, 2.75) is 33.6 Å². The van der Waals surface area contributed by atoms with Crippen molar-refractivity contribution in [3.05, 3.63) is 35.4 Å². The smallest absolute Gasteiger partial charge is 0.335 e. The van der Waals surface area contributed by atoms with Crippen LogP contribution in [-0.2, 0) is 11.2 Å². The molecule has 0 radical (unpaired) electrons. The van der Waals surface area contributed by atoms with E-state index in [-0.39, 0.29) is 16.9 Å². The minimum Gasteiger partial charge on any atom is -0.478 e. The van der Waals surface area contributed by atoms with Gasteiger partial charge in [-0.05, 0) is 23.5 Å². The number of carboxylic acid groups (broad SMARTS) is 1. The Labute approximate surface area is 113 Å². The molecule has 0 unspecified atom stereocenters. The number of benzene rings is 1. The first-order valence-electron chi connectivity index (χ1n) is 6.37. The van der Waals surface area contributed by atoms with E-state index in [9.17, 15) is 9.59 Å². The molecule has 4 nitrogen and oxygen atoms in total. The lowest BCUT2D eigenvalue weighted by Crippen LogP contribution is -2.32. The quantitative estimate of drug-likeness (QED) is 0.857. The van der Waals surface area contributed by atoms with E-state index in [2.05, 4.69) is 5.32 Å². The van der Waals surface area contributed by atoms with E-state index in [0.29, 0.717) is 24.9 Å². The molecule has 0 spiro atoms. The summed E-state index contributed by atoms with van der Waals surface area (Å²) < 4.78 is 0. The maximum Gasteiger partial charge on any atom is 0.335 e. The fourth-order valence-corrected chi connectivity index (χ4v) is 1.65. The van der Waals surface area contributed by atoms with Crippen molar-refractivity contribution in [2.75, 3.05) is 6.54 Å². The van der Waals surface area contributed by atoms with Gasteiger partial charge in [-0.25, -0.2) is 4.79 Å². The number of hydrogen-bond donors (Lipinski definition) is 2. The fourth-order valence-electron chi connectivity index (χ4n) is 1.65. The highest BCUT2D eigenvalue weighted by Crippen LogP contribution is 2.12. The lowest BCUT2D eigenvalue weighted by atomic mass is 9.97. The maximum absolute atomic E-state index is 11.7. The fraction of sp³-hybridized carbons (Fsp3) is 0.467. The minimum absolute atomic E-state index is 0.0462. The number of carboxylic acids is 1. The van der Waals surface area contributed by atoms with Crippen LogP contribution < -0.4 is 5.32 Å². The van der Waals surface area contributed by atoms with Gasteiger partial charge >= 0.3 is 5.97 Å². The summed E-state index contributed by atoms with van der Waals surface area (Å²) in [6.07, 6.45) is 0.749. The predicted molar refractivity (Wildman–Crippen MR) is 74.2 cm³/mol. The predicted octanol–water partition coefficient (Wildman–Crippen LogP) is 2.48. The highest BCUT2D eigenvalue weighted by Gasteiger charge is 2.13.